The third-order valence-electron chi connectivity index (χ3n) is 2.11. The van der Waals surface area contributed by atoms with Crippen LogP contribution >= 0.6 is 27.5 Å². The minimum Gasteiger partial charge on any atom is -0.475 e. The number of sulfonamides is 1. The van der Waals surface area contributed by atoms with Crippen LogP contribution in [0.5, 0.6) is 0 Å². The number of hydrogen-bond acceptors (Lipinski definition) is 5. The van der Waals surface area contributed by atoms with Gasteiger partial charge in [-0.25, -0.2) is 9.78 Å². The van der Waals surface area contributed by atoms with E-state index in [1.54, 1.807) is 0 Å². The lowest BCUT2D eigenvalue weighted by molar-refractivity contribution is 0.0656. The molecule has 0 spiro atoms. The SMILES string of the molecule is O=C(O)c1ccc(S(=O)(=O)Nc2cnc(Cl)c(Br)c2)o1. The first-order valence-corrected chi connectivity index (χ1v) is 7.62. The van der Waals surface area contributed by atoms with Crippen molar-refractivity contribution in [3.63, 3.8) is 0 Å². The van der Waals surface area contributed by atoms with Gasteiger partial charge in [-0.2, -0.15) is 8.42 Å². The number of furan rings is 1. The Morgan fingerprint density at radius 2 is 2.15 bits per heavy atom. The molecule has 0 saturated heterocycles. The van der Waals surface area contributed by atoms with Crippen molar-refractivity contribution in [2.24, 2.45) is 0 Å². The number of hydrogen-bond donors (Lipinski definition) is 2. The van der Waals surface area contributed by atoms with Gasteiger partial charge in [0.15, 0.2) is 0 Å². The molecule has 0 unspecified atom stereocenters. The van der Waals surface area contributed by atoms with E-state index in [0.29, 0.717) is 4.47 Å². The number of pyridine rings is 1. The summed E-state index contributed by atoms with van der Waals surface area (Å²) in [7, 11) is -4.04. The fraction of sp³-hybridized carbons (Fsp3) is 0. The Kier molecular flexibility index (Phi) is 4.02. The van der Waals surface area contributed by atoms with Crippen LogP contribution in [0.3, 0.4) is 0 Å². The highest BCUT2D eigenvalue weighted by Gasteiger charge is 2.21. The highest BCUT2D eigenvalue weighted by Crippen LogP contribution is 2.25. The molecule has 0 fully saturated rings. The first kappa shape index (κ1) is 14.8. The van der Waals surface area contributed by atoms with Crippen molar-refractivity contribution in [1.29, 1.82) is 0 Å². The van der Waals surface area contributed by atoms with Crippen LogP contribution in [0, 0.1) is 0 Å². The van der Waals surface area contributed by atoms with Crippen LogP contribution in [0.4, 0.5) is 5.69 Å². The first-order valence-electron chi connectivity index (χ1n) is 4.96. The zero-order chi connectivity index (χ0) is 14.9. The molecule has 106 valence electrons. The lowest BCUT2D eigenvalue weighted by Crippen LogP contribution is -2.12. The smallest absolute Gasteiger partial charge is 0.371 e. The van der Waals surface area contributed by atoms with Crippen molar-refractivity contribution in [2.45, 2.75) is 5.09 Å². The van der Waals surface area contributed by atoms with E-state index in [0.717, 1.165) is 12.1 Å². The molecular weight excluding hydrogens is 376 g/mol. The Balaban J connectivity index is 2.30. The van der Waals surface area contributed by atoms with Gasteiger partial charge in [-0.15, -0.1) is 0 Å². The minimum atomic E-state index is -4.04. The summed E-state index contributed by atoms with van der Waals surface area (Å²) in [6.07, 6.45) is 1.21. The Bertz CT molecular complexity index is 774. The Morgan fingerprint density at radius 3 is 2.70 bits per heavy atom. The van der Waals surface area contributed by atoms with Crippen LogP contribution < -0.4 is 4.72 Å². The average Bonchev–Trinajstić information content (AvgIpc) is 2.84. The predicted molar refractivity (Wildman–Crippen MR) is 73.4 cm³/mol. The van der Waals surface area contributed by atoms with Crippen LogP contribution in [0.2, 0.25) is 5.15 Å². The molecule has 0 atom stereocenters. The van der Waals surface area contributed by atoms with Gasteiger partial charge in [-0.1, -0.05) is 11.6 Å². The summed E-state index contributed by atoms with van der Waals surface area (Å²) in [4.78, 5) is 14.4. The van der Waals surface area contributed by atoms with Gasteiger partial charge in [0.2, 0.25) is 10.9 Å². The van der Waals surface area contributed by atoms with E-state index in [1.807, 2.05) is 0 Å². The molecule has 0 aliphatic carbocycles. The molecule has 20 heavy (non-hydrogen) atoms. The fourth-order valence-electron chi connectivity index (χ4n) is 1.26. The molecule has 2 aromatic rings. The second-order valence-electron chi connectivity index (χ2n) is 3.53. The maximum atomic E-state index is 12.0. The molecule has 0 bridgehead atoms. The van der Waals surface area contributed by atoms with Gasteiger partial charge in [0.1, 0.15) is 5.15 Å². The zero-order valence-electron chi connectivity index (χ0n) is 9.50. The lowest BCUT2D eigenvalue weighted by atomic mass is 10.4. The molecular formula is C10H6BrClN2O5S. The second-order valence-corrected chi connectivity index (χ2v) is 6.35. The molecule has 2 heterocycles. The second kappa shape index (κ2) is 5.43. The Labute approximate surface area is 126 Å². The lowest BCUT2D eigenvalue weighted by Gasteiger charge is -2.06. The van der Waals surface area contributed by atoms with Crippen molar-refractivity contribution in [2.75, 3.05) is 4.72 Å². The number of carboxylic acids is 1. The molecule has 10 heteroatoms. The van der Waals surface area contributed by atoms with Crippen molar-refractivity contribution >= 4 is 49.2 Å². The van der Waals surface area contributed by atoms with Gasteiger partial charge in [-0.3, -0.25) is 4.72 Å². The molecule has 7 nitrogen and oxygen atoms in total. The summed E-state index contributed by atoms with van der Waals surface area (Å²) in [6.45, 7) is 0. The van der Waals surface area contributed by atoms with Crippen LogP contribution in [0.25, 0.3) is 0 Å². The molecule has 0 radical (unpaired) electrons. The summed E-state index contributed by atoms with van der Waals surface area (Å²) in [5.41, 5.74) is 0.148. The van der Waals surface area contributed by atoms with E-state index in [4.69, 9.17) is 21.1 Å². The predicted octanol–water partition coefficient (Wildman–Crippen LogP) is 2.59. The quantitative estimate of drug-likeness (QED) is 0.788. The van der Waals surface area contributed by atoms with Gasteiger partial charge < -0.3 is 9.52 Å². The van der Waals surface area contributed by atoms with Gasteiger partial charge in [0.25, 0.3) is 10.0 Å². The monoisotopic (exact) mass is 380 g/mol. The number of aromatic carboxylic acids is 1. The highest BCUT2D eigenvalue weighted by molar-refractivity contribution is 9.10. The van der Waals surface area contributed by atoms with Crippen LogP contribution in [-0.4, -0.2) is 24.5 Å². The molecule has 0 aromatic carbocycles. The van der Waals surface area contributed by atoms with Gasteiger partial charge in [0, 0.05) is 0 Å². The largest absolute Gasteiger partial charge is 0.475 e. The van der Waals surface area contributed by atoms with E-state index >= 15 is 0 Å². The summed E-state index contributed by atoms with van der Waals surface area (Å²) in [5, 5.41) is 8.35. The van der Waals surface area contributed by atoms with E-state index in [1.165, 1.54) is 12.3 Å². The third kappa shape index (κ3) is 3.11. The fourth-order valence-corrected chi connectivity index (χ4v) is 2.68. The van der Waals surface area contributed by atoms with E-state index < -0.39 is 26.8 Å². The molecule has 2 aromatic heterocycles. The number of nitrogens with one attached hydrogen (secondary N) is 1. The van der Waals surface area contributed by atoms with Gasteiger partial charge in [0.05, 0.1) is 16.4 Å². The topological polar surface area (TPSA) is 110 Å². The normalized spacial score (nSPS) is 11.3. The summed E-state index contributed by atoms with van der Waals surface area (Å²) in [6, 6.07) is 3.50. The molecule has 0 saturated carbocycles. The molecule has 0 aliphatic heterocycles. The number of rotatable bonds is 4. The maximum Gasteiger partial charge on any atom is 0.371 e. The summed E-state index contributed by atoms with van der Waals surface area (Å²) in [5.74, 6) is -1.83. The minimum absolute atomic E-state index is 0.148. The third-order valence-corrected chi connectivity index (χ3v) is 4.49. The Morgan fingerprint density at radius 1 is 1.45 bits per heavy atom. The number of aromatic nitrogens is 1. The molecule has 0 amide bonds. The number of carboxylic acid groups (broad SMARTS) is 1. The van der Waals surface area contributed by atoms with Crippen molar-refractivity contribution < 1.29 is 22.7 Å². The molecule has 0 aliphatic rings. The van der Waals surface area contributed by atoms with E-state index in [-0.39, 0.29) is 10.8 Å². The zero-order valence-corrected chi connectivity index (χ0v) is 12.7. The Hall–Kier alpha value is -1.58. The van der Waals surface area contributed by atoms with Crippen LogP contribution in [-0.2, 0) is 10.0 Å². The number of anilines is 1. The summed E-state index contributed by atoms with van der Waals surface area (Å²) >= 11 is 8.79. The van der Waals surface area contributed by atoms with Gasteiger partial charge >= 0.3 is 5.97 Å². The van der Waals surface area contributed by atoms with Crippen LogP contribution in [0.1, 0.15) is 10.6 Å². The van der Waals surface area contributed by atoms with Crippen LogP contribution in [0.15, 0.2) is 38.4 Å². The number of carbonyl (C=O) groups is 1. The number of halogens is 2. The highest BCUT2D eigenvalue weighted by atomic mass is 79.9. The van der Waals surface area contributed by atoms with E-state index in [9.17, 15) is 13.2 Å². The van der Waals surface area contributed by atoms with Crippen molar-refractivity contribution in [1.82, 2.24) is 4.98 Å². The summed E-state index contributed by atoms with van der Waals surface area (Å²) < 4.78 is 31.2. The van der Waals surface area contributed by atoms with E-state index in [2.05, 4.69) is 25.6 Å². The van der Waals surface area contributed by atoms with Gasteiger partial charge in [-0.05, 0) is 34.1 Å². The molecule has 2 N–H and O–H groups in total. The molecule has 2 rings (SSSR count). The van der Waals surface area contributed by atoms with Crippen molar-refractivity contribution in [3.8, 4) is 0 Å². The first-order chi connectivity index (χ1) is 9.29. The maximum absolute atomic E-state index is 12.0. The van der Waals surface area contributed by atoms with Crippen molar-refractivity contribution in [3.05, 3.63) is 39.8 Å². The number of nitrogens with zero attached hydrogens (tertiary/aromatic N) is 1. The average molecular weight is 382 g/mol. The standard InChI is InChI=1S/C10H6BrClN2O5S/c11-6-3-5(4-13-9(6)12)14-20(17,18)8-2-1-7(19-8)10(15)16/h1-4,14H,(H,15,16).